The van der Waals surface area contributed by atoms with Crippen LogP contribution in [-0.4, -0.2) is 32.2 Å². The van der Waals surface area contributed by atoms with Crippen LogP contribution in [-0.2, 0) is 0 Å². The minimum atomic E-state index is -0.273. The summed E-state index contributed by atoms with van der Waals surface area (Å²) in [4.78, 5) is 12.5. The molecule has 1 saturated carbocycles. The summed E-state index contributed by atoms with van der Waals surface area (Å²) in [5.41, 5.74) is 6.06. The molecule has 0 unspecified atom stereocenters. The molecule has 0 bridgehead atoms. The largest absolute Gasteiger partial charge is 0.493 e. The lowest BCUT2D eigenvalue weighted by Gasteiger charge is -2.29. The second-order valence-corrected chi connectivity index (χ2v) is 5.19. The normalized spacial score (nSPS) is 16.0. The van der Waals surface area contributed by atoms with E-state index in [4.69, 9.17) is 15.2 Å². The van der Waals surface area contributed by atoms with Gasteiger partial charge in [0.1, 0.15) is 0 Å². The zero-order chi connectivity index (χ0) is 14.6. The first-order chi connectivity index (χ1) is 9.65. The fourth-order valence-electron chi connectivity index (χ4n) is 2.81. The average molecular weight is 315 g/mol. The molecule has 1 aromatic carbocycles. The van der Waals surface area contributed by atoms with Crippen molar-refractivity contribution in [2.45, 2.75) is 31.2 Å². The molecule has 1 aliphatic rings. The quantitative estimate of drug-likeness (QED) is 0.873. The molecule has 5 nitrogen and oxygen atoms in total. The summed E-state index contributed by atoms with van der Waals surface area (Å²) in [6, 6.07) is 5.28. The predicted octanol–water partition coefficient (Wildman–Crippen LogP) is 2.13. The fraction of sp³-hybridized carbons (Fsp3) is 0.533. The second-order valence-electron chi connectivity index (χ2n) is 5.19. The summed E-state index contributed by atoms with van der Waals surface area (Å²) >= 11 is 0. The third-order valence-corrected chi connectivity index (χ3v) is 3.98. The predicted molar refractivity (Wildman–Crippen MR) is 84.5 cm³/mol. The number of hydrogen-bond acceptors (Lipinski definition) is 4. The maximum absolute atomic E-state index is 12.5. The molecule has 2 rings (SSSR count). The first-order valence-corrected chi connectivity index (χ1v) is 6.89. The van der Waals surface area contributed by atoms with Crippen molar-refractivity contribution in [1.82, 2.24) is 5.32 Å². The number of nitrogens with two attached hydrogens (primary N) is 1. The molecule has 1 aliphatic carbocycles. The number of hydrogen-bond donors (Lipinski definition) is 2. The van der Waals surface area contributed by atoms with Crippen LogP contribution in [0.15, 0.2) is 18.2 Å². The molecule has 0 aromatic heterocycles. The first kappa shape index (κ1) is 17.6. The zero-order valence-corrected chi connectivity index (χ0v) is 13.3. The van der Waals surface area contributed by atoms with Crippen LogP contribution in [0.2, 0.25) is 0 Å². The number of amides is 1. The van der Waals surface area contributed by atoms with Crippen LogP contribution in [0.5, 0.6) is 11.5 Å². The van der Waals surface area contributed by atoms with Crippen molar-refractivity contribution < 1.29 is 14.3 Å². The van der Waals surface area contributed by atoms with Crippen LogP contribution in [0, 0.1) is 0 Å². The maximum atomic E-state index is 12.5. The van der Waals surface area contributed by atoms with Crippen LogP contribution < -0.4 is 20.5 Å². The van der Waals surface area contributed by atoms with Gasteiger partial charge in [-0.2, -0.15) is 0 Å². The molecule has 0 radical (unpaired) electrons. The minimum absolute atomic E-state index is 0. The number of ether oxygens (including phenoxy) is 2. The van der Waals surface area contributed by atoms with E-state index in [0.717, 1.165) is 25.7 Å². The summed E-state index contributed by atoms with van der Waals surface area (Å²) in [5.74, 6) is 0.846. The van der Waals surface area contributed by atoms with Gasteiger partial charge in [-0.1, -0.05) is 18.9 Å². The Bertz CT molecular complexity index is 488. The number of nitrogens with one attached hydrogen (secondary N) is 1. The van der Waals surface area contributed by atoms with Gasteiger partial charge in [0.15, 0.2) is 11.5 Å². The first-order valence-electron chi connectivity index (χ1n) is 6.89. The van der Waals surface area contributed by atoms with Gasteiger partial charge < -0.3 is 20.5 Å². The van der Waals surface area contributed by atoms with E-state index in [-0.39, 0.29) is 23.9 Å². The van der Waals surface area contributed by atoms with E-state index in [1.807, 2.05) is 0 Å². The maximum Gasteiger partial charge on any atom is 0.255 e. The van der Waals surface area contributed by atoms with Crippen LogP contribution in [0.3, 0.4) is 0 Å². The number of carbonyl (C=O) groups excluding carboxylic acids is 1. The van der Waals surface area contributed by atoms with E-state index < -0.39 is 0 Å². The van der Waals surface area contributed by atoms with Crippen molar-refractivity contribution in [2.75, 3.05) is 20.8 Å². The lowest BCUT2D eigenvalue weighted by atomic mass is 9.97. The van der Waals surface area contributed by atoms with Crippen molar-refractivity contribution >= 4 is 18.3 Å². The van der Waals surface area contributed by atoms with Gasteiger partial charge in [0.25, 0.3) is 5.91 Å². The molecule has 0 spiro atoms. The molecule has 118 valence electrons. The monoisotopic (exact) mass is 314 g/mol. The van der Waals surface area contributed by atoms with Crippen LogP contribution >= 0.6 is 12.4 Å². The number of para-hydroxylation sites is 1. The lowest BCUT2D eigenvalue weighted by molar-refractivity contribution is 0.0899. The SMILES string of the molecule is COc1cccc(C(=O)NC2(CN)CCCC2)c1OC.Cl. The topological polar surface area (TPSA) is 73.6 Å². The molecule has 0 atom stereocenters. The van der Waals surface area contributed by atoms with Crippen LogP contribution in [0.1, 0.15) is 36.0 Å². The Hall–Kier alpha value is -1.46. The van der Waals surface area contributed by atoms with Crippen molar-refractivity contribution in [3.05, 3.63) is 23.8 Å². The fourth-order valence-corrected chi connectivity index (χ4v) is 2.81. The van der Waals surface area contributed by atoms with E-state index in [1.165, 1.54) is 7.11 Å². The Morgan fingerprint density at radius 2 is 1.95 bits per heavy atom. The Morgan fingerprint density at radius 3 is 2.48 bits per heavy atom. The average Bonchev–Trinajstić information content (AvgIpc) is 2.95. The molecular formula is C15H23ClN2O3. The summed E-state index contributed by atoms with van der Waals surface area (Å²) < 4.78 is 10.5. The highest BCUT2D eigenvalue weighted by Gasteiger charge is 2.34. The van der Waals surface area contributed by atoms with Gasteiger partial charge in [0, 0.05) is 6.54 Å². The summed E-state index contributed by atoms with van der Waals surface area (Å²) in [5, 5.41) is 3.08. The van der Waals surface area contributed by atoms with Gasteiger partial charge in [-0.25, -0.2) is 0 Å². The number of carbonyl (C=O) groups is 1. The van der Waals surface area contributed by atoms with E-state index in [9.17, 15) is 4.79 Å². The third kappa shape index (κ3) is 3.60. The van der Waals surface area contributed by atoms with Crippen molar-refractivity contribution in [3.63, 3.8) is 0 Å². The molecule has 21 heavy (non-hydrogen) atoms. The Kier molecular flexibility index (Phi) is 6.30. The zero-order valence-electron chi connectivity index (χ0n) is 12.5. The Morgan fingerprint density at radius 1 is 1.29 bits per heavy atom. The molecule has 0 aliphatic heterocycles. The molecule has 1 aromatic rings. The summed E-state index contributed by atoms with van der Waals surface area (Å²) in [6.07, 6.45) is 4.07. The summed E-state index contributed by atoms with van der Waals surface area (Å²) in [7, 11) is 3.08. The molecule has 6 heteroatoms. The van der Waals surface area contributed by atoms with E-state index in [0.29, 0.717) is 23.6 Å². The van der Waals surface area contributed by atoms with Crippen molar-refractivity contribution in [3.8, 4) is 11.5 Å². The summed E-state index contributed by atoms with van der Waals surface area (Å²) in [6.45, 7) is 0.463. The molecule has 3 N–H and O–H groups in total. The lowest BCUT2D eigenvalue weighted by Crippen LogP contribution is -2.51. The smallest absolute Gasteiger partial charge is 0.255 e. The molecule has 0 saturated heterocycles. The molecule has 0 heterocycles. The van der Waals surface area contributed by atoms with Gasteiger partial charge in [-0.05, 0) is 25.0 Å². The highest BCUT2D eigenvalue weighted by atomic mass is 35.5. The highest BCUT2D eigenvalue weighted by molar-refractivity contribution is 5.98. The molecule has 1 amide bonds. The second kappa shape index (κ2) is 7.52. The van der Waals surface area contributed by atoms with Gasteiger partial charge in [0.2, 0.25) is 0 Å². The third-order valence-electron chi connectivity index (χ3n) is 3.98. The number of methoxy groups -OCH3 is 2. The highest BCUT2D eigenvalue weighted by Crippen LogP contribution is 2.33. The molecule has 1 fully saturated rings. The van der Waals surface area contributed by atoms with Gasteiger partial charge >= 0.3 is 0 Å². The van der Waals surface area contributed by atoms with Crippen LogP contribution in [0.4, 0.5) is 0 Å². The van der Waals surface area contributed by atoms with Gasteiger partial charge in [0.05, 0.1) is 25.3 Å². The Balaban J connectivity index is 0.00000220. The number of halogens is 1. The van der Waals surface area contributed by atoms with E-state index in [2.05, 4.69) is 5.32 Å². The van der Waals surface area contributed by atoms with Crippen molar-refractivity contribution in [1.29, 1.82) is 0 Å². The van der Waals surface area contributed by atoms with Gasteiger partial charge in [-0.3, -0.25) is 4.79 Å². The van der Waals surface area contributed by atoms with Crippen molar-refractivity contribution in [2.24, 2.45) is 5.73 Å². The Labute approximate surface area is 131 Å². The minimum Gasteiger partial charge on any atom is -0.493 e. The number of rotatable bonds is 5. The van der Waals surface area contributed by atoms with E-state index >= 15 is 0 Å². The number of benzene rings is 1. The van der Waals surface area contributed by atoms with E-state index in [1.54, 1.807) is 25.3 Å². The van der Waals surface area contributed by atoms with Crippen LogP contribution in [0.25, 0.3) is 0 Å². The van der Waals surface area contributed by atoms with Gasteiger partial charge in [-0.15, -0.1) is 12.4 Å². The molecular weight excluding hydrogens is 292 g/mol. The standard InChI is InChI=1S/C15H22N2O3.ClH/c1-19-12-7-5-6-11(13(12)20-2)14(18)17-15(10-16)8-3-4-9-15;/h5-7H,3-4,8-10,16H2,1-2H3,(H,17,18);1H.